The van der Waals surface area contributed by atoms with E-state index in [2.05, 4.69) is 4.98 Å². The van der Waals surface area contributed by atoms with E-state index < -0.39 is 11.2 Å². The minimum atomic E-state index is -0.615. The van der Waals surface area contributed by atoms with Crippen LogP contribution in [0, 0.1) is 17.2 Å². The summed E-state index contributed by atoms with van der Waals surface area (Å²) in [5, 5.41) is 8.77. The van der Waals surface area contributed by atoms with Gasteiger partial charge in [-0.2, -0.15) is 5.26 Å². The van der Waals surface area contributed by atoms with Gasteiger partial charge in [0, 0.05) is 11.7 Å². The number of aromatic amines is 1. The highest BCUT2D eigenvalue weighted by Crippen LogP contribution is 2.43. The van der Waals surface area contributed by atoms with Gasteiger partial charge in [0.25, 0.3) is 5.56 Å². The predicted molar refractivity (Wildman–Crippen MR) is 58.1 cm³/mol. The molecule has 5 heteroatoms. The van der Waals surface area contributed by atoms with Crippen LogP contribution in [0.15, 0.2) is 15.8 Å². The molecule has 0 aromatic carbocycles. The van der Waals surface area contributed by atoms with Gasteiger partial charge in [-0.15, -0.1) is 0 Å². The van der Waals surface area contributed by atoms with E-state index in [-0.39, 0.29) is 11.1 Å². The monoisotopic (exact) mass is 219 g/mol. The number of nitrogens with zero attached hydrogens (tertiary/aromatic N) is 2. The molecule has 0 bridgehead atoms. The Morgan fingerprint density at radius 2 is 2.12 bits per heavy atom. The van der Waals surface area contributed by atoms with Gasteiger partial charge in [-0.3, -0.25) is 14.3 Å². The number of rotatable bonds is 2. The molecule has 1 heterocycles. The van der Waals surface area contributed by atoms with E-state index in [1.165, 1.54) is 10.8 Å². The Bertz CT molecular complexity index is 570. The van der Waals surface area contributed by atoms with Gasteiger partial charge in [-0.05, 0) is 32.6 Å². The maximum absolute atomic E-state index is 11.7. The van der Waals surface area contributed by atoms with Crippen LogP contribution in [0.2, 0.25) is 0 Å². The van der Waals surface area contributed by atoms with Crippen molar-refractivity contribution in [1.82, 2.24) is 9.55 Å². The molecule has 16 heavy (non-hydrogen) atoms. The van der Waals surface area contributed by atoms with Crippen molar-refractivity contribution in [3.05, 3.63) is 32.6 Å². The SMILES string of the molecule is CC(C)(C1CC1)n1cc(C#N)c(=O)[nH]c1=O. The van der Waals surface area contributed by atoms with Crippen molar-refractivity contribution in [2.45, 2.75) is 32.2 Å². The Morgan fingerprint density at radius 3 is 2.62 bits per heavy atom. The molecule has 0 atom stereocenters. The van der Waals surface area contributed by atoms with Gasteiger partial charge in [-0.25, -0.2) is 4.79 Å². The molecule has 1 aliphatic rings. The standard InChI is InChI=1S/C11H13N3O2/c1-11(2,8-3-4-8)14-6-7(5-12)9(15)13-10(14)16/h6,8H,3-4H2,1-2H3,(H,13,15,16). The number of nitrogens with one attached hydrogen (secondary N) is 1. The molecule has 0 spiro atoms. The fourth-order valence-corrected chi connectivity index (χ4v) is 1.97. The zero-order valence-electron chi connectivity index (χ0n) is 9.28. The van der Waals surface area contributed by atoms with Crippen LogP contribution in [0.5, 0.6) is 0 Å². The molecule has 5 nitrogen and oxygen atoms in total. The molecule has 1 N–H and O–H groups in total. The lowest BCUT2D eigenvalue weighted by molar-refractivity contribution is 0.290. The van der Waals surface area contributed by atoms with E-state index in [0.717, 1.165) is 12.8 Å². The Balaban J connectivity index is 2.62. The Morgan fingerprint density at radius 1 is 1.50 bits per heavy atom. The lowest BCUT2D eigenvalue weighted by atomic mass is 9.98. The van der Waals surface area contributed by atoms with Crippen molar-refractivity contribution in [3.63, 3.8) is 0 Å². The molecule has 1 saturated carbocycles. The Hall–Kier alpha value is -1.83. The van der Waals surface area contributed by atoms with Crippen molar-refractivity contribution in [3.8, 4) is 6.07 Å². The van der Waals surface area contributed by atoms with E-state index in [9.17, 15) is 9.59 Å². The molecule has 1 aliphatic carbocycles. The fourth-order valence-electron chi connectivity index (χ4n) is 1.97. The van der Waals surface area contributed by atoms with Crippen LogP contribution in [0.3, 0.4) is 0 Å². The topological polar surface area (TPSA) is 78.7 Å². The molecule has 1 aromatic heterocycles. The minimum Gasteiger partial charge on any atom is -0.293 e. The summed E-state index contributed by atoms with van der Waals surface area (Å²) in [4.78, 5) is 25.1. The normalized spacial score (nSPS) is 15.8. The maximum atomic E-state index is 11.7. The highest BCUT2D eigenvalue weighted by Gasteiger charge is 2.39. The third kappa shape index (κ3) is 1.56. The van der Waals surface area contributed by atoms with Gasteiger partial charge in [0.1, 0.15) is 11.6 Å². The van der Waals surface area contributed by atoms with Gasteiger partial charge in [0.15, 0.2) is 0 Å². The second kappa shape index (κ2) is 3.34. The van der Waals surface area contributed by atoms with Gasteiger partial charge in [0.2, 0.25) is 0 Å². The molecular weight excluding hydrogens is 206 g/mol. The smallest absolute Gasteiger partial charge is 0.293 e. The summed E-state index contributed by atoms with van der Waals surface area (Å²) in [7, 11) is 0. The third-order valence-electron chi connectivity index (χ3n) is 3.26. The van der Waals surface area contributed by atoms with Crippen LogP contribution >= 0.6 is 0 Å². The number of H-pyrrole nitrogens is 1. The largest absolute Gasteiger partial charge is 0.328 e. The molecule has 84 valence electrons. The first-order valence-corrected chi connectivity index (χ1v) is 5.23. The van der Waals surface area contributed by atoms with E-state index >= 15 is 0 Å². The summed E-state index contributed by atoms with van der Waals surface area (Å²) in [6.07, 6.45) is 3.53. The zero-order chi connectivity index (χ0) is 11.9. The van der Waals surface area contributed by atoms with Crippen LogP contribution in [0.4, 0.5) is 0 Å². The molecule has 0 aliphatic heterocycles. The third-order valence-corrected chi connectivity index (χ3v) is 3.26. The fraction of sp³-hybridized carbons (Fsp3) is 0.545. The van der Waals surface area contributed by atoms with Crippen LogP contribution in [-0.2, 0) is 5.54 Å². The van der Waals surface area contributed by atoms with E-state index in [0.29, 0.717) is 5.92 Å². The van der Waals surface area contributed by atoms with Gasteiger partial charge >= 0.3 is 5.69 Å². The Kier molecular flexibility index (Phi) is 2.23. The van der Waals surface area contributed by atoms with E-state index in [1.807, 2.05) is 13.8 Å². The summed E-state index contributed by atoms with van der Waals surface area (Å²) < 4.78 is 1.46. The van der Waals surface area contributed by atoms with Gasteiger partial charge in [-0.1, -0.05) is 0 Å². The molecular formula is C11H13N3O2. The average molecular weight is 219 g/mol. The van der Waals surface area contributed by atoms with Crippen molar-refractivity contribution in [2.75, 3.05) is 0 Å². The highest BCUT2D eigenvalue weighted by atomic mass is 16.2. The maximum Gasteiger partial charge on any atom is 0.328 e. The predicted octanol–water partition coefficient (Wildman–Crippen LogP) is 0.553. The first-order chi connectivity index (χ1) is 7.46. The summed E-state index contributed by atoms with van der Waals surface area (Å²) >= 11 is 0. The summed E-state index contributed by atoms with van der Waals surface area (Å²) in [6.45, 7) is 3.90. The lowest BCUT2D eigenvalue weighted by Crippen LogP contribution is -2.42. The van der Waals surface area contributed by atoms with Crippen molar-refractivity contribution < 1.29 is 0 Å². The lowest BCUT2D eigenvalue weighted by Gasteiger charge is -2.27. The molecule has 1 aromatic rings. The molecule has 0 radical (unpaired) electrons. The van der Waals surface area contributed by atoms with Crippen molar-refractivity contribution >= 4 is 0 Å². The molecule has 0 saturated heterocycles. The van der Waals surface area contributed by atoms with Crippen molar-refractivity contribution in [2.24, 2.45) is 5.92 Å². The first kappa shape index (κ1) is 10.7. The number of hydrogen-bond donors (Lipinski definition) is 1. The second-order valence-electron chi connectivity index (χ2n) is 4.71. The van der Waals surface area contributed by atoms with Crippen LogP contribution in [0.1, 0.15) is 32.3 Å². The number of aromatic nitrogens is 2. The van der Waals surface area contributed by atoms with Gasteiger partial charge in [0.05, 0.1) is 0 Å². The highest BCUT2D eigenvalue weighted by molar-refractivity contribution is 5.22. The quantitative estimate of drug-likeness (QED) is 0.789. The molecule has 2 rings (SSSR count). The molecule has 0 unspecified atom stereocenters. The zero-order valence-corrected chi connectivity index (χ0v) is 9.28. The van der Waals surface area contributed by atoms with Crippen LogP contribution in [-0.4, -0.2) is 9.55 Å². The first-order valence-electron chi connectivity index (χ1n) is 5.23. The second-order valence-corrected chi connectivity index (χ2v) is 4.71. The van der Waals surface area contributed by atoms with E-state index in [4.69, 9.17) is 5.26 Å². The van der Waals surface area contributed by atoms with Gasteiger partial charge < -0.3 is 0 Å². The number of hydrogen-bond acceptors (Lipinski definition) is 3. The van der Waals surface area contributed by atoms with Crippen molar-refractivity contribution in [1.29, 1.82) is 5.26 Å². The summed E-state index contributed by atoms with van der Waals surface area (Å²) in [5.74, 6) is 0.447. The van der Waals surface area contributed by atoms with E-state index in [1.54, 1.807) is 6.07 Å². The average Bonchev–Trinajstić information content (AvgIpc) is 3.00. The number of nitriles is 1. The van der Waals surface area contributed by atoms with Crippen LogP contribution in [0.25, 0.3) is 0 Å². The summed E-state index contributed by atoms with van der Waals surface area (Å²) in [5.41, 5.74) is -1.42. The molecule has 1 fully saturated rings. The summed E-state index contributed by atoms with van der Waals surface area (Å²) in [6, 6.07) is 1.79. The molecule has 0 amide bonds. The van der Waals surface area contributed by atoms with Crippen LogP contribution < -0.4 is 11.2 Å². The Labute approximate surface area is 92.3 Å². The minimum absolute atomic E-state index is 0.0201.